The highest BCUT2D eigenvalue weighted by Crippen LogP contribution is 2.33. The predicted molar refractivity (Wildman–Crippen MR) is 87.9 cm³/mol. The van der Waals surface area contributed by atoms with Crippen LogP contribution in [0.25, 0.3) is 22.2 Å². The minimum Gasteiger partial charge on any atom is -0.343 e. The Morgan fingerprint density at radius 1 is 1.18 bits per heavy atom. The normalized spacial score (nSPS) is 10.8. The Hall–Kier alpha value is -2.29. The molecular formula is C17H14FN3S. The van der Waals surface area contributed by atoms with Gasteiger partial charge in [-0.15, -0.1) is 0 Å². The van der Waals surface area contributed by atoms with Crippen LogP contribution >= 0.6 is 11.9 Å². The van der Waals surface area contributed by atoms with E-state index in [1.807, 2.05) is 42.9 Å². The van der Waals surface area contributed by atoms with Crippen molar-refractivity contribution in [1.82, 2.24) is 9.29 Å². The zero-order chi connectivity index (χ0) is 15.7. The van der Waals surface area contributed by atoms with Crippen molar-refractivity contribution < 1.29 is 4.39 Å². The standard InChI is InChI=1S/C17H14FN3S/c1-20-22-13-6-3-11(4-7-13)17-15(10-19)14-9-12(18)5-8-16(14)21(17)2/h3-9,20H,1-2H3. The summed E-state index contributed by atoms with van der Waals surface area (Å²) in [5.41, 5.74) is 3.10. The molecule has 0 aliphatic heterocycles. The van der Waals surface area contributed by atoms with Gasteiger partial charge in [-0.3, -0.25) is 4.72 Å². The van der Waals surface area contributed by atoms with Gasteiger partial charge in [-0.2, -0.15) is 5.26 Å². The minimum atomic E-state index is -0.332. The maximum atomic E-state index is 13.5. The van der Waals surface area contributed by atoms with Gasteiger partial charge in [0.05, 0.1) is 11.3 Å². The smallest absolute Gasteiger partial charge is 0.124 e. The highest BCUT2D eigenvalue weighted by atomic mass is 32.2. The zero-order valence-electron chi connectivity index (χ0n) is 12.2. The van der Waals surface area contributed by atoms with Crippen molar-refractivity contribution in [3.05, 3.63) is 53.8 Å². The number of hydrogen-bond acceptors (Lipinski definition) is 3. The summed E-state index contributed by atoms with van der Waals surface area (Å²) in [6, 6.07) is 14.7. The van der Waals surface area contributed by atoms with E-state index in [9.17, 15) is 9.65 Å². The molecule has 1 heterocycles. The van der Waals surface area contributed by atoms with E-state index in [0.29, 0.717) is 10.9 Å². The number of aromatic nitrogens is 1. The highest BCUT2D eigenvalue weighted by molar-refractivity contribution is 7.97. The Morgan fingerprint density at radius 3 is 2.55 bits per heavy atom. The van der Waals surface area contributed by atoms with Crippen molar-refractivity contribution in [3.63, 3.8) is 0 Å². The van der Waals surface area contributed by atoms with Crippen LogP contribution in [0, 0.1) is 17.1 Å². The highest BCUT2D eigenvalue weighted by Gasteiger charge is 2.17. The van der Waals surface area contributed by atoms with E-state index in [4.69, 9.17) is 0 Å². The first-order valence-corrected chi connectivity index (χ1v) is 7.59. The lowest BCUT2D eigenvalue weighted by Crippen LogP contribution is -1.94. The first kappa shape index (κ1) is 14.6. The van der Waals surface area contributed by atoms with Crippen LogP contribution in [0.1, 0.15) is 5.56 Å². The molecule has 5 heteroatoms. The molecule has 0 atom stereocenters. The van der Waals surface area contributed by atoms with Crippen molar-refractivity contribution in [3.8, 4) is 17.3 Å². The van der Waals surface area contributed by atoms with Crippen LogP contribution in [-0.2, 0) is 7.05 Å². The molecule has 0 aliphatic rings. The predicted octanol–water partition coefficient (Wildman–Crippen LogP) is 4.08. The fraction of sp³-hybridized carbons (Fsp3) is 0.118. The van der Waals surface area contributed by atoms with Crippen LogP contribution in [0.2, 0.25) is 0 Å². The van der Waals surface area contributed by atoms with Gasteiger partial charge < -0.3 is 4.57 Å². The molecule has 0 radical (unpaired) electrons. The lowest BCUT2D eigenvalue weighted by Gasteiger charge is -2.06. The molecule has 0 unspecified atom stereocenters. The number of hydrogen-bond donors (Lipinski definition) is 1. The third-order valence-electron chi connectivity index (χ3n) is 3.62. The van der Waals surface area contributed by atoms with Crippen LogP contribution in [-0.4, -0.2) is 11.6 Å². The molecule has 1 N–H and O–H groups in total. The quantitative estimate of drug-likeness (QED) is 0.741. The van der Waals surface area contributed by atoms with Gasteiger partial charge in [-0.05, 0) is 54.9 Å². The fourth-order valence-corrected chi connectivity index (χ4v) is 3.17. The first-order chi connectivity index (χ1) is 10.7. The third kappa shape index (κ3) is 2.37. The second-order valence-corrected chi connectivity index (χ2v) is 5.97. The molecule has 0 saturated heterocycles. The lowest BCUT2D eigenvalue weighted by atomic mass is 10.1. The molecule has 3 rings (SSSR count). The Labute approximate surface area is 132 Å². The largest absolute Gasteiger partial charge is 0.343 e. The summed E-state index contributed by atoms with van der Waals surface area (Å²) in [5, 5.41) is 10.2. The Morgan fingerprint density at radius 2 is 1.91 bits per heavy atom. The Kier molecular flexibility index (Phi) is 3.88. The van der Waals surface area contributed by atoms with E-state index in [2.05, 4.69) is 10.8 Å². The van der Waals surface area contributed by atoms with Gasteiger partial charge in [-0.25, -0.2) is 4.39 Å². The summed E-state index contributed by atoms with van der Waals surface area (Å²) < 4.78 is 18.5. The Balaban J connectivity index is 2.22. The first-order valence-electron chi connectivity index (χ1n) is 6.77. The molecule has 3 aromatic rings. The second-order valence-electron chi connectivity index (χ2n) is 4.89. The number of halogens is 1. The number of nitrogens with zero attached hydrogens (tertiary/aromatic N) is 2. The van der Waals surface area contributed by atoms with Crippen molar-refractivity contribution in [1.29, 1.82) is 5.26 Å². The molecule has 1 aromatic heterocycles. The molecule has 3 nitrogen and oxygen atoms in total. The number of nitriles is 1. The third-order valence-corrected chi connectivity index (χ3v) is 4.33. The van der Waals surface area contributed by atoms with Crippen molar-refractivity contribution in [2.45, 2.75) is 4.90 Å². The van der Waals surface area contributed by atoms with E-state index in [1.165, 1.54) is 24.1 Å². The number of aryl methyl sites for hydroxylation is 1. The van der Waals surface area contributed by atoms with E-state index in [0.717, 1.165) is 21.7 Å². The molecule has 2 aromatic carbocycles. The topological polar surface area (TPSA) is 40.8 Å². The maximum Gasteiger partial charge on any atom is 0.124 e. The summed E-state index contributed by atoms with van der Waals surface area (Å²) in [6.45, 7) is 0. The molecule has 0 spiro atoms. The number of nitrogens with one attached hydrogen (secondary N) is 1. The summed E-state index contributed by atoms with van der Waals surface area (Å²) in [7, 11) is 3.76. The lowest BCUT2D eigenvalue weighted by molar-refractivity contribution is 0.629. The molecular weight excluding hydrogens is 297 g/mol. The summed E-state index contributed by atoms with van der Waals surface area (Å²) in [6.07, 6.45) is 0. The molecule has 0 fully saturated rings. The van der Waals surface area contributed by atoms with Crippen LogP contribution < -0.4 is 4.72 Å². The molecule has 22 heavy (non-hydrogen) atoms. The molecule has 0 saturated carbocycles. The van der Waals surface area contributed by atoms with E-state index in [1.54, 1.807) is 6.07 Å². The zero-order valence-corrected chi connectivity index (χ0v) is 13.0. The van der Waals surface area contributed by atoms with Gasteiger partial charge in [0.15, 0.2) is 0 Å². The monoisotopic (exact) mass is 311 g/mol. The van der Waals surface area contributed by atoms with Gasteiger partial charge in [-0.1, -0.05) is 12.1 Å². The average molecular weight is 311 g/mol. The molecule has 0 bridgehead atoms. The van der Waals surface area contributed by atoms with Crippen LogP contribution in [0.3, 0.4) is 0 Å². The van der Waals surface area contributed by atoms with Crippen LogP contribution in [0.4, 0.5) is 4.39 Å². The number of fused-ring (bicyclic) bond motifs is 1. The van der Waals surface area contributed by atoms with Gasteiger partial charge >= 0.3 is 0 Å². The van der Waals surface area contributed by atoms with Crippen molar-refractivity contribution in [2.75, 3.05) is 7.05 Å². The average Bonchev–Trinajstić information content (AvgIpc) is 2.80. The van der Waals surface area contributed by atoms with Crippen molar-refractivity contribution >= 4 is 22.9 Å². The SMILES string of the molecule is CNSc1ccc(-c2c(C#N)c3cc(F)ccc3n2C)cc1. The summed E-state index contributed by atoms with van der Waals surface area (Å²) in [5.74, 6) is -0.332. The van der Waals surface area contributed by atoms with E-state index in [-0.39, 0.29) is 5.82 Å². The number of benzene rings is 2. The number of rotatable bonds is 3. The van der Waals surface area contributed by atoms with E-state index >= 15 is 0 Å². The molecule has 0 amide bonds. The maximum absolute atomic E-state index is 13.5. The van der Waals surface area contributed by atoms with Gasteiger partial charge in [0, 0.05) is 22.8 Å². The van der Waals surface area contributed by atoms with Gasteiger partial charge in [0.1, 0.15) is 11.9 Å². The minimum absolute atomic E-state index is 0.332. The van der Waals surface area contributed by atoms with Crippen LogP contribution in [0.15, 0.2) is 47.4 Å². The van der Waals surface area contributed by atoms with Gasteiger partial charge in [0.2, 0.25) is 0 Å². The molecule has 0 aliphatic carbocycles. The fourth-order valence-electron chi connectivity index (χ4n) is 2.67. The second kappa shape index (κ2) is 5.84. The van der Waals surface area contributed by atoms with E-state index < -0.39 is 0 Å². The van der Waals surface area contributed by atoms with Crippen LogP contribution in [0.5, 0.6) is 0 Å². The Bertz CT molecular complexity index is 876. The molecule has 110 valence electrons. The summed E-state index contributed by atoms with van der Waals surface area (Å²) in [4.78, 5) is 1.09. The van der Waals surface area contributed by atoms with Crippen molar-refractivity contribution in [2.24, 2.45) is 7.05 Å². The van der Waals surface area contributed by atoms with Gasteiger partial charge in [0.25, 0.3) is 0 Å². The summed E-state index contributed by atoms with van der Waals surface area (Å²) >= 11 is 1.53.